The maximum Gasteiger partial charge on any atom is 0.354 e. The SMILES string of the molecule is CC(C)[Si](OCCn1c(C(=O)O)c(Nc2ccc(I)cc2F)c2cnccc21)(C(C)C)C(C)C. The molecular weight excluding hydrogens is 564 g/mol. The van der Waals surface area contributed by atoms with Gasteiger partial charge < -0.3 is 19.4 Å². The molecule has 0 amide bonds. The van der Waals surface area contributed by atoms with Gasteiger partial charge in [0.15, 0.2) is 14.0 Å². The van der Waals surface area contributed by atoms with E-state index >= 15 is 0 Å². The Kier molecular flexibility index (Phi) is 8.41. The molecule has 3 rings (SSSR count). The second kappa shape index (κ2) is 10.7. The van der Waals surface area contributed by atoms with E-state index in [0.29, 0.717) is 40.8 Å². The number of hydrogen-bond acceptors (Lipinski definition) is 4. The first kappa shape index (κ1) is 26.6. The molecule has 1 aromatic carbocycles. The summed E-state index contributed by atoms with van der Waals surface area (Å²) in [5, 5.41) is 13.8. The molecule has 9 heteroatoms. The highest BCUT2D eigenvalue weighted by atomic mass is 127. The molecule has 2 N–H and O–H groups in total. The molecular formula is C25H33FIN3O3Si. The smallest absolute Gasteiger partial charge is 0.354 e. The van der Waals surface area contributed by atoms with Crippen LogP contribution in [0.3, 0.4) is 0 Å². The number of anilines is 2. The molecule has 0 unspecified atom stereocenters. The average molecular weight is 598 g/mol. The molecule has 0 radical (unpaired) electrons. The Bertz CT molecular complexity index is 1160. The van der Waals surface area contributed by atoms with Crippen LogP contribution in [0.15, 0.2) is 36.7 Å². The van der Waals surface area contributed by atoms with E-state index in [4.69, 9.17) is 4.43 Å². The summed E-state index contributed by atoms with van der Waals surface area (Å²) in [5.41, 5.74) is 2.61. The maximum absolute atomic E-state index is 14.6. The number of pyridine rings is 1. The van der Waals surface area contributed by atoms with Crippen LogP contribution in [-0.4, -0.2) is 35.6 Å². The Morgan fingerprint density at radius 1 is 1.18 bits per heavy atom. The molecule has 0 aliphatic heterocycles. The van der Waals surface area contributed by atoms with Crippen molar-refractivity contribution in [3.8, 4) is 0 Å². The number of rotatable bonds is 10. The molecule has 0 saturated heterocycles. The number of aromatic carboxylic acids is 1. The predicted octanol–water partition coefficient (Wildman–Crippen LogP) is 7.41. The lowest BCUT2D eigenvalue weighted by Crippen LogP contribution is -2.48. The number of carboxylic acid groups (broad SMARTS) is 1. The summed E-state index contributed by atoms with van der Waals surface area (Å²) in [7, 11) is -2.10. The second-order valence-electron chi connectivity index (χ2n) is 9.49. The molecule has 0 bridgehead atoms. The van der Waals surface area contributed by atoms with Crippen molar-refractivity contribution in [2.75, 3.05) is 11.9 Å². The lowest BCUT2D eigenvalue weighted by Gasteiger charge is -2.42. The van der Waals surface area contributed by atoms with Crippen molar-refractivity contribution in [3.63, 3.8) is 0 Å². The number of aromatic nitrogens is 2. The fraction of sp³-hybridized carbons (Fsp3) is 0.440. The zero-order valence-electron chi connectivity index (χ0n) is 20.5. The van der Waals surface area contributed by atoms with Crippen molar-refractivity contribution in [2.45, 2.75) is 64.7 Å². The molecule has 34 heavy (non-hydrogen) atoms. The number of nitrogens with zero attached hydrogens (tertiary/aromatic N) is 2. The van der Waals surface area contributed by atoms with Crippen molar-refractivity contribution in [1.29, 1.82) is 0 Å². The topological polar surface area (TPSA) is 76.4 Å². The first-order valence-corrected chi connectivity index (χ1v) is 14.8. The minimum atomic E-state index is -2.10. The van der Waals surface area contributed by atoms with Crippen LogP contribution in [0.25, 0.3) is 10.9 Å². The summed E-state index contributed by atoms with van der Waals surface area (Å²) in [4.78, 5) is 16.6. The van der Waals surface area contributed by atoms with E-state index in [-0.39, 0.29) is 11.4 Å². The molecule has 0 saturated carbocycles. The summed E-state index contributed by atoms with van der Waals surface area (Å²) in [6.07, 6.45) is 3.25. The third-order valence-electron chi connectivity index (χ3n) is 6.63. The maximum atomic E-state index is 14.6. The van der Waals surface area contributed by atoms with Crippen LogP contribution in [-0.2, 0) is 11.0 Å². The normalized spacial score (nSPS) is 12.3. The van der Waals surface area contributed by atoms with E-state index in [0.717, 1.165) is 9.09 Å². The second-order valence-corrected chi connectivity index (χ2v) is 16.2. The van der Waals surface area contributed by atoms with Gasteiger partial charge in [0.1, 0.15) is 5.82 Å². The van der Waals surface area contributed by atoms with E-state index in [1.54, 1.807) is 35.2 Å². The van der Waals surface area contributed by atoms with Gasteiger partial charge >= 0.3 is 5.97 Å². The molecule has 6 nitrogen and oxygen atoms in total. The van der Waals surface area contributed by atoms with Crippen LogP contribution < -0.4 is 5.32 Å². The summed E-state index contributed by atoms with van der Waals surface area (Å²) < 4.78 is 23.8. The van der Waals surface area contributed by atoms with E-state index < -0.39 is 20.1 Å². The number of carbonyl (C=O) groups is 1. The highest BCUT2D eigenvalue weighted by Crippen LogP contribution is 2.42. The van der Waals surface area contributed by atoms with Gasteiger partial charge in [0.25, 0.3) is 0 Å². The van der Waals surface area contributed by atoms with Gasteiger partial charge in [-0.3, -0.25) is 4.98 Å². The Labute approximate surface area is 215 Å². The number of benzene rings is 1. The van der Waals surface area contributed by atoms with Crippen LogP contribution in [0.4, 0.5) is 15.8 Å². The number of nitrogens with one attached hydrogen (secondary N) is 1. The number of halogens is 2. The minimum absolute atomic E-state index is 0.0652. The molecule has 0 atom stereocenters. The predicted molar refractivity (Wildman–Crippen MR) is 146 cm³/mol. The standard InChI is InChI=1S/C25H33FIN3O3Si/c1-15(2)34(16(3)4,17(5)6)33-12-11-30-22-9-10-28-14-19(22)23(24(30)25(31)32)29-21-8-7-18(27)13-20(21)26/h7-10,13-17,29H,11-12H2,1-6H3,(H,31,32). The average Bonchev–Trinajstić information content (AvgIpc) is 3.06. The van der Waals surface area contributed by atoms with Gasteiger partial charge in [-0.1, -0.05) is 41.5 Å². The Balaban J connectivity index is 2.03. The summed E-state index contributed by atoms with van der Waals surface area (Å²) in [6.45, 7) is 14.1. The number of carboxylic acids is 1. The van der Waals surface area contributed by atoms with E-state index in [2.05, 4.69) is 51.8 Å². The quantitative estimate of drug-likeness (QED) is 0.188. The van der Waals surface area contributed by atoms with Crippen LogP contribution in [0.1, 0.15) is 52.0 Å². The van der Waals surface area contributed by atoms with E-state index in [1.807, 2.05) is 22.6 Å². The Hall–Kier alpha value is -1.98. The van der Waals surface area contributed by atoms with Crippen molar-refractivity contribution in [2.24, 2.45) is 0 Å². The van der Waals surface area contributed by atoms with Crippen LogP contribution in [0.5, 0.6) is 0 Å². The van der Waals surface area contributed by atoms with Crippen molar-refractivity contribution in [1.82, 2.24) is 9.55 Å². The third kappa shape index (κ3) is 5.01. The molecule has 3 aromatic rings. The zero-order valence-corrected chi connectivity index (χ0v) is 23.7. The van der Waals surface area contributed by atoms with Crippen molar-refractivity contribution >= 4 is 59.2 Å². The Morgan fingerprint density at radius 2 is 1.82 bits per heavy atom. The molecule has 2 aromatic heterocycles. The summed E-state index contributed by atoms with van der Waals surface area (Å²) in [5.74, 6) is -1.54. The van der Waals surface area contributed by atoms with Crippen LogP contribution in [0.2, 0.25) is 16.6 Å². The highest BCUT2D eigenvalue weighted by Gasteiger charge is 2.45. The summed E-state index contributed by atoms with van der Waals surface area (Å²) in [6, 6.07) is 6.57. The Morgan fingerprint density at radius 3 is 2.38 bits per heavy atom. The largest absolute Gasteiger partial charge is 0.477 e. The monoisotopic (exact) mass is 597 g/mol. The molecule has 2 heterocycles. The van der Waals surface area contributed by atoms with Gasteiger partial charge in [-0.2, -0.15) is 0 Å². The van der Waals surface area contributed by atoms with Gasteiger partial charge in [0, 0.05) is 27.9 Å². The molecule has 0 fully saturated rings. The van der Waals surface area contributed by atoms with Gasteiger partial charge in [-0.05, 0) is 63.5 Å². The van der Waals surface area contributed by atoms with Crippen LogP contribution >= 0.6 is 22.6 Å². The van der Waals surface area contributed by atoms with E-state index in [1.165, 1.54) is 6.07 Å². The van der Waals surface area contributed by atoms with Gasteiger partial charge in [0.05, 0.1) is 23.5 Å². The number of fused-ring (bicyclic) bond motifs is 1. The zero-order chi connectivity index (χ0) is 25.2. The summed E-state index contributed by atoms with van der Waals surface area (Å²) >= 11 is 2.04. The van der Waals surface area contributed by atoms with Crippen molar-refractivity contribution < 1.29 is 18.7 Å². The van der Waals surface area contributed by atoms with E-state index in [9.17, 15) is 14.3 Å². The minimum Gasteiger partial charge on any atom is -0.477 e. The first-order chi connectivity index (χ1) is 16.0. The fourth-order valence-corrected chi connectivity index (χ4v) is 11.2. The lowest BCUT2D eigenvalue weighted by atomic mass is 10.2. The first-order valence-electron chi connectivity index (χ1n) is 11.6. The highest BCUT2D eigenvalue weighted by molar-refractivity contribution is 14.1. The third-order valence-corrected chi connectivity index (χ3v) is 13.4. The van der Waals surface area contributed by atoms with Crippen molar-refractivity contribution in [3.05, 3.63) is 51.7 Å². The molecule has 0 aliphatic rings. The van der Waals surface area contributed by atoms with Gasteiger partial charge in [0.2, 0.25) is 0 Å². The van der Waals surface area contributed by atoms with Crippen LogP contribution in [0, 0.1) is 9.39 Å². The number of hydrogen-bond donors (Lipinski definition) is 2. The molecule has 184 valence electrons. The lowest BCUT2D eigenvalue weighted by molar-refractivity contribution is 0.0685. The molecule has 0 aliphatic carbocycles. The van der Waals surface area contributed by atoms with Gasteiger partial charge in [-0.15, -0.1) is 0 Å². The molecule has 0 spiro atoms. The van der Waals surface area contributed by atoms with Gasteiger partial charge in [-0.25, -0.2) is 9.18 Å². The fourth-order valence-electron chi connectivity index (χ4n) is 5.32.